The van der Waals surface area contributed by atoms with Gasteiger partial charge in [0.1, 0.15) is 0 Å². The Labute approximate surface area is 81.7 Å². The largest absolute Gasteiger partial charge is 0.504 e. The van der Waals surface area contributed by atoms with E-state index < -0.39 is 0 Å². The standard InChI is InChI=1S/C8H9NO3.CH4O/c1-12-8-2-5(4-10)6(9)3-7(8)11;1-2/h2-4,11H,9H2,1H3;2H,1H3. The molecular weight excluding hydrogens is 186 g/mol. The van der Waals surface area contributed by atoms with E-state index in [0.29, 0.717) is 11.8 Å². The van der Waals surface area contributed by atoms with Gasteiger partial charge in [0, 0.05) is 24.4 Å². The topological polar surface area (TPSA) is 92.8 Å². The highest BCUT2D eigenvalue weighted by Gasteiger charge is 2.05. The van der Waals surface area contributed by atoms with Crippen molar-refractivity contribution in [3.05, 3.63) is 17.7 Å². The summed E-state index contributed by atoms with van der Waals surface area (Å²) in [6.07, 6.45) is 0.608. The van der Waals surface area contributed by atoms with E-state index in [1.807, 2.05) is 0 Å². The summed E-state index contributed by atoms with van der Waals surface area (Å²) in [6.45, 7) is 0. The van der Waals surface area contributed by atoms with Gasteiger partial charge in [0.05, 0.1) is 7.11 Å². The maximum Gasteiger partial charge on any atom is 0.161 e. The third kappa shape index (κ3) is 2.63. The maximum absolute atomic E-state index is 10.4. The van der Waals surface area contributed by atoms with Crippen molar-refractivity contribution < 1.29 is 19.7 Å². The molecule has 0 aliphatic rings. The number of hydrogen-bond acceptors (Lipinski definition) is 5. The smallest absolute Gasteiger partial charge is 0.161 e. The fourth-order valence-electron chi connectivity index (χ4n) is 0.866. The van der Waals surface area contributed by atoms with Gasteiger partial charge >= 0.3 is 0 Å². The van der Waals surface area contributed by atoms with Gasteiger partial charge in [0.25, 0.3) is 0 Å². The van der Waals surface area contributed by atoms with Crippen molar-refractivity contribution in [1.29, 1.82) is 0 Å². The number of aromatic hydroxyl groups is 1. The Morgan fingerprint density at radius 3 is 2.43 bits per heavy atom. The predicted molar refractivity (Wildman–Crippen MR) is 52.6 cm³/mol. The van der Waals surface area contributed by atoms with Gasteiger partial charge in [-0.3, -0.25) is 4.79 Å². The minimum Gasteiger partial charge on any atom is -0.504 e. The van der Waals surface area contributed by atoms with Gasteiger partial charge in [-0.05, 0) is 6.07 Å². The van der Waals surface area contributed by atoms with Gasteiger partial charge in [0.15, 0.2) is 17.8 Å². The number of phenolic OH excluding ortho intramolecular Hbond substituents is 1. The molecular formula is C9H13NO4. The molecule has 0 bridgehead atoms. The van der Waals surface area contributed by atoms with Gasteiger partial charge in [-0.15, -0.1) is 0 Å². The highest BCUT2D eigenvalue weighted by Crippen LogP contribution is 2.29. The normalized spacial score (nSPS) is 8.50. The van der Waals surface area contributed by atoms with E-state index >= 15 is 0 Å². The van der Waals surface area contributed by atoms with Crippen LogP contribution in [-0.4, -0.2) is 30.7 Å². The highest BCUT2D eigenvalue weighted by molar-refractivity contribution is 5.85. The summed E-state index contributed by atoms with van der Waals surface area (Å²) >= 11 is 0. The number of nitrogens with two attached hydrogens (primary N) is 1. The Hall–Kier alpha value is -1.75. The van der Waals surface area contributed by atoms with Crippen LogP contribution in [0.5, 0.6) is 11.5 Å². The van der Waals surface area contributed by atoms with Crippen LogP contribution in [0.25, 0.3) is 0 Å². The molecule has 0 amide bonds. The minimum atomic E-state index is -0.0689. The number of anilines is 1. The first kappa shape index (κ1) is 12.2. The van der Waals surface area contributed by atoms with Gasteiger partial charge in [0.2, 0.25) is 0 Å². The number of aliphatic hydroxyl groups excluding tert-OH is 1. The van der Waals surface area contributed by atoms with Crippen molar-refractivity contribution >= 4 is 12.0 Å². The SMILES string of the molecule is CO.COc1cc(C=O)c(N)cc1O. The number of carbonyl (C=O) groups excluding carboxylic acids is 1. The number of carbonyl (C=O) groups is 1. The second kappa shape index (κ2) is 5.82. The Balaban J connectivity index is 0.000000791. The first-order chi connectivity index (χ1) is 6.69. The summed E-state index contributed by atoms with van der Waals surface area (Å²) in [4.78, 5) is 10.4. The quantitative estimate of drug-likeness (QED) is 0.473. The molecule has 0 atom stereocenters. The number of hydrogen-bond donors (Lipinski definition) is 3. The molecule has 1 aromatic carbocycles. The molecule has 0 aliphatic heterocycles. The summed E-state index contributed by atoms with van der Waals surface area (Å²) in [7, 11) is 2.40. The Morgan fingerprint density at radius 1 is 1.43 bits per heavy atom. The first-order valence-electron chi connectivity index (χ1n) is 3.75. The molecule has 1 aromatic rings. The number of aliphatic hydroxyl groups is 1. The Kier molecular flexibility index (Phi) is 5.09. The van der Waals surface area contributed by atoms with Crippen LogP contribution < -0.4 is 10.5 Å². The molecule has 0 aliphatic carbocycles. The monoisotopic (exact) mass is 199 g/mol. The number of benzene rings is 1. The van der Waals surface area contributed by atoms with Crippen molar-refractivity contribution in [3.8, 4) is 11.5 Å². The summed E-state index contributed by atoms with van der Waals surface area (Å²) in [5, 5.41) is 16.2. The van der Waals surface area contributed by atoms with Crippen LogP contribution in [0.1, 0.15) is 10.4 Å². The number of ether oxygens (including phenoxy) is 1. The summed E-state index contributed by atoms with van der Waals surface area (Å²) in [5.74, 6) is 0.173. The third-order valence-corrected chi connectivity index (χ3v) is 1.51. The average Bonchev–Trinajstić information content (AvgIpc) is 2.21. The maximum atomic E-state index is 10.4. The van der Waals surface area contributed by atoms with Gasteiger partial charge < -0.3 is 20.7 Å². The third-order valence-electron chi connectivity index (χ3n) is 1.51. The van der Waals surface area contributed by atoms with Crippen LogP contribution in [0, 0.1) is 0 Å². The molecule has 1 rings (SSSR count). The summed E-state index contributed by atoms with van der Waals surface area (Å²) in [5.41, 5.74) is 5.96. The molecule has 0 heterocycles. The minimum absolute atomic E-state index is 0.0689. The predicted octanol–water partition coefficient (Wildman–Crippen LogP) is 0.404. The number of rotatable bonds is 2. The molecule has 0 unspecified atom stereocenters. The first-order valence-corrected chi connectivity index (χ1v) is 3.75. The molecule has 0 saturated heterocycles. The number of nitrogen functional groups attached to an aromatic ring is 1. The second-order valence-electron chi connectivity index (χ2n) is 2.27. The van der Waals surface area contributed by atoms with Crippen LogP contribution >= 0.6 is 0 Å². The van der Waals surface area contributed by atoms with Crippen molar-refractivity contribution in [3.63, 3.8) is 0 Å². The molecule has 0 radical (unpaired) electrons. The van der Waals surface area contributed by atoms with E-state index in [2.05, 4.69) is 0 Å². The zero-order valence-corrected chi connectivity index (χ0v) is 8.02. The summed E-state index contributed by atoms with van der Waals surface area (Å²) < 4.78 is 4.78. The van der Waals surface area contributed by atoms with Crippen molar-refractivity contribution in [2.45, 2.75) is 0 Å². The molecule has 14 heavy (non-hydrogen) atoms. The van der Waals surface area contributed by atoms with Crippen molar-refractivity contribution in [2.75, 3.05) is 20.0 Å². The molecule has 78 valence electrons. The Bertz CT molecular complexity index is 312. The van der Waals surface area contributed by atoms with E-state index in [9.17, 15) is 9.90 Å². The van der Waals surface area contributed by atoms with Crippen LogP contribution in [0.15, 0.2) is 12.1 Å². The van der Waals surface area contributed by atoms with E-state index in [1.54, 1.807) is 0 Å². The fourth-order valence-corrected chi connectivity index (χ4v) is 0.866. The lowest BCUT2D eigenvalue weighted by Gasteiger charge is -2.05. The fraction of sp³-hybridized carbons (Fsp3) is 0.222. The lowest BCUT2D eigenvalue weighted by molar-refractivity contribution is 0.112. The number of phenols is 1. The number of methoxy groups -OCH3 is 1. The Morgan fingerprint density at radius 2 is 2.00 bits per heavy atom. The van der Waals surface area contributed by atoms with Crippen molar-refractivity contribution in [2.24, 2.45) is 0 Å². The zero-order chi connectivity index (χ0) is 11.1. The number of aldehydes is 1. The zero-order valence-electron chi connectivity index (χ0n) is 8.02. The molecule has 0 aromatic heterocycles. The molecule has 5 heteroatoms. The van der Waals surface area contributed by atoms with Crippen LogP contribution in [-0.2, 0) is 0 Å². The van der Waals surface area contributed by atoms with Crippen LogP contribution in [0.4, 0.5) is 5.69 Å². The van der Waals surface area contributed by atoms with Crippen LogP contribution in [0.3, 0.4) is 0 Å². The van der Waals surface area contributed by atoms with E-state index in [-0.39, 0.29) is 17.2 Å². The van der Waals surface area contributed by atoms with Gasteiger partial charge in [-0.2, -0.15) is 0 Å². The average molecular weight is 199 g/mol. The lowest BCUT2D eigenvalue weighted by atomic mass is 10.2. The van der Waals surface area contributed by atoms with E-state index in [1.165, 1.54) is 19.2 Å². The molecule has 0 spiro atoms. The van der Waals surface area contributed by atoms with E-state index in [0.717, 1.165) is 7.11 Å². The van der Waals surface area contributed by atoms with Crippen LogP contribution in [0.2, 0.25) is 0 Å². The molecule has 4 N–H and O–H groups in total. The molecule has 5 nitrogen and oxygen atoms in total. The summed E-state index contributed by atoms with van der Waals surface area (Å²) in [6, 6.07) is 2.67. The highest BCUT2D eigenvalue weighted by atomic mass is 16.5. The van der Waals surface area contributed by atoms with E-state index in [4.69, 9.17) is 15.6 Å². The molecule has 0 fully saturated rings. The van der Waals surface area contributed by atoms with Crippen molar-refractivity contribution in [1.82, 2.24) is 0 Å². The molecule has 0 saturated carbocycles. The lowest BCUT2D eigenvalue weighted by Crippen LogP contribution is -1.94. The van der Waals surface area contributed by atoms with Gasteiger partial charge in [-0.25, -0.2) is 0 Å². The van der Waals surface area contributed by atoms with Gasteiger partial charge in [-0.1, -0.05) is 0 Å². The second-order valence-corrected chi connectivity index (χ2v) is 2.27.